The lowest BCUT2D eigenvalue weighted by atomic mass is 10.0. The van der Waals surface area contributed by atoms with Gasteiger partial charge in [0.25, 0.3) is 5.91 Å². The second-order valence-corrected chi connectivity index (χ2v) is 12.1. The molecule has 2 aromatic heterocycles. The van der Waals surface area contributed by atoms with Crippen LogP contribution in [0, 0.1) is 11.3 Å². The molecule has 1 atom stereocenters. The van der Waals surface area contributed by atoms with Crippen molar-refractivity contribution in [1.82, 2.24) is 35.3 Å². The Morgan fingerprint density at radius 3 is 2.56 bits per heavy atom. The van der Waals surface area contributed by atoms with E-state index in [1.165, 1.54) is 6.08 Å². The second-order valence-electron chi connectivity index (χ2n) is 12.1. The summed E-state index contributed by atoms with van der Waals surface area (Å²) in [6, 6.07) is 26.3. The third kappa shape index (κ3) is 8.63. The van der Waals surface area contributed by atoms with E-state index in [1.807, 2.05) is 79.0 Å². The van der Waals surface area contributed by atoms with Crippen LogP contribution in [0.15, 0.2) is 90.6 Å². The molecule has 6 rings (SSSR count). The van der Waals surface area contributed by atoms with Crippen molar-refractivity contribution >= 4 is 28.8 Å². The lowest BCUT2D eigenvalue weighted by Crippen LogP contribution is -2.40. The molecule has 5 aromatic rings. The molecule has 3 N–H and O–H groups in total. The predicted octanol–water partition coefficient (Wildman–Crippen LogP) is 3.81. The molecule has 1 fully saturated rings. The third-order valence-electron chi connectivity index (χ3n) is 8.74. The number of hydrogen-bond acceptors (Lipinski definition) is 8. The highest BCUT2D eigenvalue weighted by Crippen LogP contribution is 2.26. The number of hydrogen-bond donors (Lipinski definition) is 3. The summed E-state index contributed by atoms with van der Waals surface area (Å²) in [4.78, 5) is 32.1. The van der Waals surface area contributed by atoms with Crippen LogP contribution in [0.2, 0.25) is 0 Å². The lowest BCUT2D eigenvalue weighted by molar-refractivity contribution is -0.124. The molecule has 0 aliphatic carbocycles. The Balaban J connectivity index is 1.27. The fraction of sp³-hybridized carbons (Fsp3) is 0.289. The van der Waals surface area contributed by atoms with E-state index >= 15 is 0 Å². The van der Waals surface area contributed by atoms with Crippen LogP contribution in [-0.2, 0) is 33.7 Å². The minimum atomic E-state index is -0.632. The van der Waals surface area contributed by atoms with Gasteiger partial charge in [-0.05, 0) is 41.0 Å². The lowest BCUT2D eigenvalue weighted by Gasteiger charge is -2.26. The molecule has 0 unspecified atom stereocenters. The van der Waals surface area contributed by atoms with Gasteiger partial charge in [0, 0.05) is 49.6 Å². The van der Waals surface area contributed by atoms with E-state index in [0.717, 1.165) is 53.2 Å². The number of nitriles is 1. The van der Waals surface area contributed by atoms with Crippen LogP contribution in [0.3, 0.4) is 0 Å². The van der Waals surface area contributed by atoms with E-state index in [4.69, 9.17) is 9.47 Å². The monoisotopic (exact) mass is 672 g/mol. The molecule has 2 amide bonds. The van der Waals surface area contributed by atoms with E-state index < -0.39 is 17.9 Å². The highest BCUT2D eigenvalue weighted by atomic mass is 16.5. The quantitative estimate of drug-likeness (QED) is 0.119. The number of nitrogens with zero attached hydrogens (tertiary/aromatic N) is 5. The molecular formula is C38H40N8O4. The van der Waals surface area contributed by atoms with Crippen LogP contribution in [-0.4, -0.2) is 83.0 Å². The number of H-pyrrole nitrogens is 1. The summed E-state index contributed by atoms with van der Waals surface area (Å²) in [5.41, 5.74) is 3.63. The Kier molecular flexibility index (Phi) is 11.3. The summed E-state index contributed by atoms with van der Waals surface area (Å²) in [6.07, 6.45) is 4.53. The van der Waals surface area contributed by atoms with Gasteiger partial charge < -0.3 is 29.7 Å². The summed E-state index contributed by atoms with van der Waals surface area (Å²) in [7, 11) is 1.64. The van der Waals surface area contributed by atoms with Crippen LogP contribution >= 0.6 is 0 Å². The number of nitrogens with one attached hydrogen (secondary N) is 3. The topological polar surface area (TPSA) is 150 Å². The Bertz CT molecular complexity index is 1970. The number of morpholine rings is 1. The maximum Gasteiger partial charge on any atom is 0.262 e. The summed E-state index contributed by atoms with van der Waals surface area (Å²) in [5, 5.41) is 25.8. The number of fused-ring (bicyclic) bond motifs is 1. The third-order valence-corrected chi connectivity index (χ3v) is 8.74. The van der Waals surface area contributed by atoms with Gasteiger partial charge >= 0.3 is 0 Å². The van der Waals surface area contributed by atoms with Crippen LogP contribution in [0.1, 0.15) is 34.4 Å². The van der Waals surface area contributed by atoms with E-state index in [2.05, 4.69) is 35.3 Å². The van der Waals surface area contributed by atoms with Crippen molar-refractivity contribution in [3.63, 3.8) is 0 Å². The molecule has 1 saturated heterocycles. The average molecular weight is 673 g/mol. The molecule has 0 bridgehead atoms. The first-order valence-electron chi connectivity index (χ1n) is 16.6. The largest absolute Gasteiger partial charge is 0.497 e. The first-order chi connectivity index (χ1) is 24.5. The summed E-state index contributed by atoms with van der Waals surface area (Å²) < 4.78 is 13.0. The molecule has 1 aliphatic heterocycles. The molecule has 1 aliphatic rings. The van der Waals surface area contributed by atoms with Gasteiger partial charge in [0.15, 0.2) is 5.82 Å². The van der Waals surface area contributed by atoms with Crippen molar-refractivity contribution in [2.45, 2.75) is 25.4 Å². The van der Waals surface area contributed by atoms with Gasteiger partial charge in [0.2, 0.25) is 5.91 Å². The second kappa shape index (κ2) is 16.6. The fourth-order valence-electron chi connectivity index (χ4n) is 6.05. The zero-order valence-corrected chi connectivity index (χ0v) is 28.0. The first-order valence-corrected chi connectivity index (χ1v) is 16.6. The standard InChI is InChI=1S/C38H40N8O4/c1-49-31-13-11-28(12-14-31)26-46-35(15-16-45-17-19-50-20-18-45)43-44-37(46)34(22-30-24-40-33-10-6-5-9-32(30)33)42-36(47)25-41-38(48)29(23-39)21-27-7-3-2-4-8-27/h2-14,21,24,34,40H,15-20,22,25-26H2,1H3,(H,41,48)(H,42,47)/b29-21+/t34-/m1/s1. The van der Waals surface area contributed by atoms with Gasteiger partial charge in [0.05, 0.1) is 39.5 Å². The molecule has 256 valence electrons. The minimum absolute atomic E-state index is 0.0940. The van der Waals surface area contributed by atoms with Gasteiger partial charge in [-0.15, -0.1) is 10.2 Å². The molecule has 50 heavy (non-hydrogen) atoms. The van der Waals surface area contributed by atoms with Gasteiger partial charge in [-0.1, -0.05) is 60.7 Å². The average Bonchev–Trinajstić information content (AvgIpc) is 3.76. The number of rotatable bonds is 14. The number of benzene rings is 3. The Morgan fingerprint density at radius 2 is 1.80 bits per heavy atom. The normalized spacial score (nSPS) is 14.2. The van der Waals surface area contributed by atoms with E-state index in [-0.39, 0.29) is 12.1 Å². The van der Waals surface area contributed by atoms with Crippen LogP contribution in [0.5, 0.6) is 5.75 Å². The Morgan fingerprint density at radius 1 is 1.04 bits per heavy atom. The SMILES string of the molecule is COc1ccc(Cn2c(CCN3CCOCC3)nnc2[C@@H](Cc2c[nH]c3ccccc23)NC(=O)CNC(=O)/C(C#N)=C/c2ccccc2)cc1. The number of para-hydroxylation sites is 1. The van der Waals surface area contributed by atoms with E-state index in [1.54, 1.807) is 19.2 Å². The number of carbonyl (C=O) groups is 2. The molecule has 0 radical (unpaired) electrons. The highest BCUT2D eigenvalue weighted by molar-refractivity contribution is 6.03. The van der Waals surface area contributed by atoms with Gasteiger partial charge in [0.1, 0.15) is 23.2 Å². The maximum atomic E-state index is 13.5. The molecule has 12 nitrogen and oxygen atoms in total. The van der Waals surface area contributed by atoms with E-state index in [9.17, 15) is 14.9 Å². The number of methoxy groups -OCH3 is 1. The Labute approximate surface area is 290 Å². The van der Waals surface area contributed by atoms with Gasteiger partial charge in [-0.2, -0.15) is 5.26 Å². The van der Waals surface area contributed by atoms with E-state index in [0.29, 0.717) is 44.0 Å². The molecule has 12 heteroatoms. The Hall–Kier alpha value is -5.77. The van der Waals surface area contributed by atoms with Crippen molar-refractivity contribution in [2.24, 2.45) is 0 Å². The summed E-state index contributed by atoms with van der Waals surface area (Å²) in [5.74, 6) is 1.11. The van der Waals surface area contributed by atoms with Crippen molar-refractivity contribution in [1.29, 1.82) is 5.26 Å². The predicted molar refractivity (Wildman–Crippen MR) is 189 cm³/mol. The van der Waals surface area contributed by atoms with Crippen molar-refractivity contribution in [3.05, 3.63) is 119 Å². The fourth-order valence-corrected chi connectivity index (χ4v) is 6.05. The maximum absolute atomic E-state index is 13.5. The van der Waals surface area contributed by atoms with Crippen molar-refractivity contribution in [2.75, 3.05) is 46.5 Å². The number of aromatic nitrogens is 4. The zero-order chi connectivity index (χ0) is 34.7. The van der Waals surface area contributed by atoms with Crippen LogP contribution in [0.25, 0.3) is 17.0 Å². The zero-order valence-electron chi connectivity index (χ0n) is 28.0. The van der Waals surface area contributed by atoms with Crippen molar-refractivity contribution < 1.29 is 19.1 Å². The minimum Gasteiger partial charge on any atom is -0.497 e. The van der Waals surface area contributed by atoms with Gasteiger partial charge in [-0.25, -0.2) is 0 Å². The number of carbonyl (C=O) groups excluding carboxylic acids is 2. The highest BCUT2D eigenvalue weighted by Gasteiger charge is 2.26. The molecule has 0 spiro atoms. The molecule has 3 heterocycles. The molecular weight excluding hydrogens is 632 g/mol. The molecule has 3 aromatic carbocycles. The summed E-state index contributed by atoms with van der Waals surface area (Å²) >= 11 is 0. The summed E-state index contributed by atoms with van der Waals surface area (Å²) in [6.45, 7) is 4.09. The van der Waals surface area contributed by atoms with Gasteiger partial charge in [-0.3, -0.25) is 14.5 Å². The number of aromatic amines is 1. The molecule has 0 saturated carbocycles. The number of ether oxygens (including phenoxy) is 2. The van der Waals surface area contributed by atoms with Crippen LogP contribution in [0.4, 0.5) is 0 Å². The first kappa shape index (κ1) is 34.1. The van der Waals surface area contributed by atoms with Crippen LogP contribution < -0.4 is 15.4 Å². The smallest absolute Gasteiger partial charge is 0.262 e. The van der Waals surface area contributed by atoms with Crippen molar-refractivity contribution in [3.8, 4) is 11.8 Å². The number of amides is 2.